The molecule has 0 radical (unpaired) electrons. The highest BCUT2D eigenvalue weighted by Crippen LogP contribution is 2.23. The van der Waals surface area contributed by atoms with E-state index in [-0.39, 0.29) is 5.91 Å². The first kappa shape index (κ1) is 15.6. The van der Waals surface area contributed by atoms with Crippen molar-refractivity contribution in [2.75, 3.05) is 14.1 Å². The molecule has 0 spiro atoms. The van der Waals surface area contributed by atoms with E-state index in [2.05, 4.69) is 29.0 Å². The summed E-state index contributed by atoms with van der Waals surface area (Å²) in [6.45, 7) is 2.07. The number of aryl methyl sites for hydroxylation is 1. The second-order valence-corrected chi connectivity index (χ2v) is 6.71. The van der Waals surface area contributed by atoms with Crippen molar-refractivity contribution in [2.24, 2.45) is 0 Å². The van der Waals surface area contributed by atoms with Crippen LogP contribution in [0.2, 0.25) is 0 Å². The largest absolute Gasteiger partial charge is 0.345 e. The minimum atomic E-state index is 0.0249. The summed E-state index contributed by atoms with van der Waals surface area (Å²) in [6, 6.07) is 14.0. The number of amides is 1. The topological polar surface area (TPSA) is 49.0 Å². The van der Waals surface area contributed by atoms with Crippen molar-refractivity contribution >= 4 is 28.7 Å². The number of imidazole rings is 1. The molecule has 0 atom stereocenters. The summed E-state index contributed by atoms with van der Waals surface area (Å²) in [7, 11) is 3.52. The summed E-state index contributed by atoms with van der Waals surface area (Å²) in [5.74, 6) is 0.840. The Bertz CT molecular complexity index is 837. The highest BCUT2D eigenvalue weighted by molar-refractivity contribution is 7.98. The Hall–Kier alpha value is -2.27. The minimum absolute atomic E-state index is 0.0249. The van der Waals surface area contributed by atoms with Crippen molar-refractivity contribution in [3.63, 3.8) is 0 Å². The lowest BCUT2D eigenvalue weighted by Gasteiger charge is -2.10. The minimum Gasteiger partial charge on any atom is -0.345 e. The van der Waals surface area contributed by atoms with Crippen molar-refractivity contribution in [2.45, 2.75) is 17.8 Å². The van der Waals surface area contributed by atoms with Gasteiger partial charge in [-0.05, 0) is 42.3 Å². The van der Waals surface area contributed by atoms with Crippen LogP contribution < -0.4 is 0 Å². The predicted molar refractivity (Wildman–Crippen MR) is 94.9 cm³/mol. The zero-order chi connectivity index (χ0) is 16.4. The van der Waals surface area contributed by atoms with Gasteiger partial charge in [0.15, 0.2) is 5.16 Å². The molecule has 0 saturated heterocycles. The molecule has 1 heterocycles. The maximum atomic E-state index is 11.9. The average molecular weight is 325 g/mol. The third-order valence-corrected chi connectivity index (χ3v) is 4.54. The third-order valence-electron chi connectivity index (χ3n) is 3.60. The molecule has 0 bridgehead atoms. The highest BCUT2D eigenvalue weighted by atomic mass is 32.2. The number of thioether (sulfide) groups is 1. The van der Waals surface area contributed by atoms with Crippen molar-refractivity contribution in [1.29, 1.82) is 0 Å². The lowest BCUT2D eigenvalue weighted by molar-refractivity contribution is 0.0827. The lowest BCUT2D eigenvalue weighted by atomic mass is 10.1. The van der Waals surface area contributed by atoms with Crippen LogP contribution >= 0.6 is 11.8 Å². The number of hydrogen-bond acceptors (Lipinski definition) is 3. The van der Waals surface area contributed by atoms with Crippen LogP contribution in [0.25, 0.3) is 11.0 Å². The van der Waals surface area contributed by atoms with E-state index in [4.69, 9.17) is 0 Å². The predicted octanol–water partition coefficient (Wildman–Crippen LogP) is 3.87. The Morgan fingerprint density at radius 1 is 1.17 bits per heavy atom. The Kier molecular flexibility index (Phi) is 4.39. The van der Waals surface area contributed by atoms with E-state index in [1.807, 2.05) is 30.3 Å². The van der Waals surface area contributed by atoms with E-state index in [1.165, 1.54) is 11.1 Å². The maximum absolute atomic E-state index is 11.9. The maximum Gasteiger partial charge on any atom is 0.253 e. The number of benzene rings is 2. The number of nitrogens with one attached hydrogen (secondary N) is 1. The van der Waals surface area contributed by atoms with Gasteiger partial charge >= 0.3 is 0 Å². The molecule has 3 aromatic rings. The zero-order valence-corrected chi connectivity index (χ0v) is 14.3. The van der Waals surface area contributed by atoms with Crippen LogP contribution in [0.15, 0.2) is 47.6 Å². The van der Waals surface area contributed by atoms with Crippen molar-refractivity contribution in [3.8, 4) is 0 Å². The van der Waals surface area contributed by atoms with E-state index in [0.717, 1.165) is 21.9 Å². The summed E-state index contributed by atoms with van der Waals surface area (Å²) in [6.07, 6.45) is 0. The summed E-state index contributed by atoms with van der Waals surface area (Å²) < 4.78 is 0. The van der Waals surface area contributed by atoms with Crippen LogP contribution in [0.5, 0.6) is 0 Å². The molecule has 23 heavy (non-hydrogen) atoms. The summed E-state index contributed by atoms with van der Waals surface area (Å²) >= 11 is 1.66. The molecule has 0 fully saturated rings. The number of hydrogen-bond donors (Lipinski definition) is 1. The van der Waals surface area contributed by atoms with Gasteiger partial charge < -0.3 is 9.88 Å². The Balaban J connectivity index is 1.68. The second-order valence-electron chi connectivity index (χ2n) is 5.75. The summed E-state index contributed by atoms with van der Waals surface area (Å²) in [5.41, 5.74) is 5.16. The SMILES string of the molecule is Cc1ccc2nc(SCc3ccc(C(=O)N(C)C)cc3)[nH]c2c1. The summed E-state index contributed by atoms with van der Waals surface area (Å²) in [5, 5.41) is 0.916. The number of nitrogens with zero attached hydrogens (tertiary/aromatic N) is 2. The molecule has 0 aliphatic rings. The second kappa shape index (κ2) is 6.46. The molecule has 1 amide bonds. The molecule has 118 valence electrons. The fourth-order valence-corrected chi connectivity index (χ4v) is 3.16. The fraction of sp³-hybridized carbons (Fsp3) is 0.222. The van der Waals surface area contributed by atoms with E-state index in [9.17, 15) is 4.79 Å². The van der Waals surface area contributed by atoms with Gasteiger partial charge in [0.1, 0.15) is 0 Å². The zero-order valence-electron chi connectivity index (χ0n) is 13.5. The first-order valence-corrected chi connectivity index (χ1v) is 8.41. The molecule has 5 heteroatoms. The molecule has 1 aromatic heterocycles. The van der Waals surface area contributed by atoms with E-state index < -0.39 is 0 Å². The average Bonchev–Trinajstić information content (AvgIpc) is 2.94. The molecule has 0 unspecified atom stereocenters. The molecular weight excluding hydrogens is 306 g/mol. The standard InChI is InChI=1S/C18H19N3OS/c1-12-4-9-15-16(10-12)20-18(19-15)23-11-13-5-7-14(8-6-13)17(22)21(2)3/h4-10H,11H2,1-3H3,(H,19,20). The molecule has 0 aliphatic carbocycles. The van der Waals surface area contributed by atoms with Crippen LogP contribution in [-0.4, -0.2) is 34.9 Å². The van der Waals surface area contributed by atoms with Gasteiger partial charge in [0.05, 0.1) is 11.0 Å². The number of rotatable bonds is 4. The van der Waals surface area contributed by atoms with E-state index >= 15 is 0 Å². The van der Waals surface area contributed by atoms with Crippen molar-refractivity contribution < 1.29 is 4.79 Å². The number of aromatic nitrogens is 2. The Morgan fingerprint density at radius 2 is 1.91 bits per heavy atom. The monoisotopic (exact) mass is 325 g/mol. The Labute approximate surface area is 139 Å². The number of fused-ring (bicyclic) bond motifs is 1. The molecule has 0 saturated carbocycles. The Morgan fingerprint density at radius 3 is 2.61 bits per heavy atom. The van der Waals surface area contributed by atoms with Crippen LogP contribution in [-0.2, 0) is 5.75 Å². The fourth-order valence-electron chi connectivity index (χ4n) is 2.32. The normalized spacial score (nSPS) is 10.9. The lowest BCUT2D eigenvalue weighted by Crippen LogP contribution is -2.21. The molecule has 4 nitrogen and oxygen atoms in total. The molecule has 3 rings (SSSR count). The van der Waals surface area contributed by atoms with Gasteiger partial charge in [-0.3, -0.25) is 4.79 Å². The smallest absolute Gasteiger partial charge is 0.253 e. The first-order valence-electron chi connectivity index (χ1n) is 7.43. The van der Waals surface area contributed by atoms with Crippen LogP contribution in [0.3, 0.4) is 0 Å². The van der Waals surface area contributed by atoms with Gasteiger partial charge in [0.25, 0.3) is 5.91 Å². The van der Waals surface area contributed by atoms with Gasteiger partial charge in [-0.2, -0.15) is 0 Å². The number of aromatic amines is 1. The van der Waals surface area contributed by atoms with Crippen LogP contribution in [0.1, 0.15) is 21.5 Å². The van der Waals surface area contributed by atoms with Gasteiger partial charge in [0, 0.05) is 25.4 Å². The van der Waals surface area contributed by atoms with Crippen molar-refractivity contribution in [3.05, 3.63) is 59.2 Å². The summed E-state index contributed by atoms with van der Waals surface area (Å²) in [4.78, 5) is 21.4. The van der Waals surface area contributed by atoms with Crippen molar-refractivity contribution in [1.82, 2.24) is 14.9 Å². The number of H-pyrrole nitrogens is 1. The molecule has 2 aromatic carbocycles. The first-order chi connectivity index (χ1) is 11.0. The quantitative estimate of drug-likeness (QED) is 0.741. The van der Waals surface area contributed by atoms with Gasteiger partial charge in [-0.25, -0.2) is 4.98 Å². The molecule has 1 N–H and O–H groups in total. The van der Waals surface area contributed by atoms with Gasteiger partial charge in [0.2, 0.25) is 0 Å². The highest BCUT2D eigenvalue weighted by Gasteiger charge is 2.08. The van der Waals surface area contributed by atoms with Gasteiger partial charge in [-0.1, -0.05) is 30.0 Å². The van der Waals surface area contributed by atoms with E-state index in [1.54, 1.807) is 30.8 Å². The third kappa shape index (κ3) is 3.56. The number of carbonyl (C=O) groups excluding carboxylic acids is 1. The number of carbonyl (C=O) groups is 1. The molecule has 0 aliphatic heterocycles. The van der Waals surface area contributed by atoms with Gasteiger partial charge in [-0.15, -0.1) is 0 Å². The van der Waals surface area contributed by atoms with E-state index in [0.29, 0.717) is 5.56 Å². The van der Waals surface area contributed by atoms with Crippen LogP contribution in [0, 0.1) is 6.92 Å². The van der Waals surface area contributed by atoms with Crippen LogP contribution in [0.4, 0.5) is 0 Å². The molecular formula is C18H19N3OS.